The molecule has 4 nitrogen and oxygen atoms in total. The van der Waals surface area contributed by atoms with Crippen LogP contribution in [0.4, 0.5) is 0 Å². The van der Waals surface area contributed by atoms with Crippen LogP contribution < -0.4 is 0 Å². The lowest BCUT2D eigenvalue weighted by molar-refractivity contribution is 0.219. The highest BCUT2D eigenvalue weighted by atomic mass is 31.2. The molecule has 1 rings (SSSR count). The molecule has 0 heterocycles. The molecule has 0 aliphatic carbocycles. The summed E-state index contributed by atoms with van der Waals surface area (Å²) in [6.45, 7) is 8.29. The third-order valence-electron chi connectivity index (χ3n) is 3.64. The second-order valence-corrected chi connectivity index (χ2v) is 11.0. The first-order chi connectivity index (χ1) is 10.4. The fourth-order valence-electron chi connectivity index (χ4n) is 2.35. The Bertz CT molecular complexity index is 539. The van der Waals surface area contributed by atoms with Crippen LogP contribution in [0.3, 0.4) is 0 Å². The molecule has 0 atom stereocenters. The van der Waals surface area contributed by atoms with Crippen LogP contribution >= 0.6 is 14.7 Å². The van der Waals surface area contributed by atoms with Crippen LogP contribution in [0, 0.1) is 0 Å². The predicted molar refractivity (Wildman–Crippen MR) is 93.4 cm³/mol. The maximum Gasteiger partial charge on any atom is 0.335 e. The van der Waals surface area contributed by atoms with E-state index in [1.807, 2.05) is 38.1 Å². The lowest BCUT2D eigenvalue weighted by atomic mass is 10.2. The minimum atomic E-state index is -3.10. The van der Waals surface area contributed by atoms with E-state index in [9.17, 15) is 9.13 Å². The average molecular weight is 346 g/mol. The zero-order valence-electron chi connectivity index (χ0n) is 14.1. The van der Waals surface area contributed by atoms with E-state index in [0.717, 1.165) is 11.1 Å². The van der Waals surface area contributed by atoms with Gasteiger partial charge in [0.05, 0.1) is 26.5 Å². The van der Waals surface area contributed by atoms with E-state index in [-0.39, 0.29) is 6.16 Å². The van der Waals surface area contributed by atoms with Crippen molar-refractivity contribution in [2.75, 3.05) is 25.5 Å². The smallest absolute Gasteiger partial charge is 0.323 e. The summed E-state index contributed by atoms with van der Waals surface area (Å²) >= 11 is 0. The van der Waals surface area contributed by atoms with Gasteiger partial charge >= 0.3 is 7.60 Å². The third-order valence-corrected chi connectivity index (χ3v) is 8.94. The quantitative estimate of drug-likeness (QED) is 0.536. The summed E-state index contributed by atoms with van der Waals surface area (Å²) in [5.74, 6) is 0. The van der Waals surface area contributed by atoms with E-state index < -0.39 is 14.7 Å². The molecule has 1 aromatic carbocycles. The lowest BCUT2D eigenvalue weighted by Gasteiger charge is -2.18. The second kappa shape index (κ2) is 9.03. The van der Waals surface area contributed by atoms with E-state index in [2.05, 4.69) is 0 Å². The molecule has 0 saturated heterocycles. The van der Waals surface area contributed by atoms with Gasteiger partial charge in [0.15, 0.2) is 0 Å². The number of benzene rings is 1. The van der Waals surface area contributed by atoms with Gasteiger partial charge in [-0.3, -0.25) is 4.57 Å². The molecule has 22 heavy (non-hydrogen) atoms. The van der Waals surface area contributed by atoms with Crippen molar-refractivity contribution in [1.82, 2.24) is 0 Å². The Hall–Kier alpha value is -0.400. The van der Waals surface area contributed by atoms with E-state index in [1.165, 1.54) is 0 Å². The molecule has 126 valence electrons. The van der Waals surface area contributed by atoms with Crippen molar-refractivity contribution in [3.05, 3.63) is 35.4 Å². The minimum Gasteiger partial charge on any atom is -0.323 e. The standard InChI is InChI=1S/C16H28O4P2/c1-5-19-22(18,20-6-2)14-16-11-9-10-15(12-16)13-21(17,7-3)8-4/h9-12H,5-8,13-14H2,1-4H3. The molecule has 0 unspecified atom stereocenters. The van der Waals surface area contributed by atoms with Gasteiger partial charge in [0.2, 0.25) is 0 Å². The summed E-state index contributed by atoms with van der Waals surface area (Å²) < 4.78 is 35.9. The van der Waals surface area contributed by atoms with Gasteiger partial charge in [-0.2, -0.15) is 0 Å². The van der Waals surface area contributed by atoms with Gasteiger partial charge in [0.1, 0.15) is 0 Å². The molecule has 0 aromatic heterocycles. The molecule has 0 saturated carbocycles. The highest BCUT2D eigenvalue weighted by molar-refractivity contribution is 7.63. The summed E-state index contributed by atoms with van der Waals surface area (Å²) in [5, 5.41) is 0. The molecular weight excluding hydrogens is 318 g/mol. The zero-order chi connectivity index (χ0) is 16.6. The summed E-state index contributed by atoms with van der Waals surface area (Å²) in [6.07, 6.45) is 2.28. The Balaban J connectivity index is 2.92. The van der Waals surface area contributed by atoms with Crippen LogP contribution in [-0.2, 0) is 30.5 Å². The first kappa shape index (κ1) is 19.6. The summed E-state index contributed by atoms with van der Waals surface area (Å²) in [4.78, 5) is 0. The molecule has 0 amide bonds. The lowest BCUT2D eigenvalue weighted by Crippen LogP contribution is -2.00. The monoisotopic (exact) mass is 346 g/mol. The Morgan fingerprint density at radius 3 is 1.82 bits per heavy atom. The van der Waals surface area contributed by atoms with Crippen LogP contribution in [0.1, 0.15) is 38.8 Å². The Labute approximate surface area is 134 Å². The molecule has 1 aromatic rings. The number of hydrogen-bond donors (Lipinski definition) is 0. The van der Waals surface area contributed by atoms with Crippen molar-refractivity contribution in [2.45, 2.75) is 40.0 Å². The molecule has 0 aliphatic rings. The normalized spacial score (nSPS) is 12.5. The largest absolute Gasteiger partial charge is 0.335 e. The minimum absolute atomic E-state index is 0.255. The van der Waals surface area contributed by atoms with Crippen LogP contribution in [0.5, 0.6) is 0 Å². The molecule has 0 bridgehead atoms. The van der Waals surface area contributed by atoms with Gasteiger partial charge in [0, 0.05) is 6.16 Å². The summed E-state index contributed by atoms with van der Waals surface area (Å²) in [6, 6.07) is 7.79. The fraction of sp³-hybridized carbons (Fsp3) is 0.625. The van der Waals surface area contributed by atoms with Crippen molar-refractivity contribution in [2.24, 2.45) is 0 Å². The molecule has 0 aliphatic heterocycles. The SMILES string of the molecule is CCOP(=O)(Cc1cccc(CP(=O)(CC)CC)c1)OCC. The second-order valence-electron chi connectivity index (χ2n) is 5.27. The highest BCUT2D eigenvalue weighted by Crippen LogP contribution is 2.52. The van der Waals surface area contributed by atoms with Crippen molar-refractivity contribution in [1.29, 1.82) is 0 Å². The van der Waals surface area contributed by atoms with E-state index in [4.69, 9.17) is 9.05 Å². The van der Waals surface area contributed by atoms with Crippen LogP contribution in [0.15, 0.2) is 24.3 Å². The highest BCUT2D eigenvalue weighted by Gasteiger charge is 2.24. The Kier molecular flexibility index (Phi) is 8.07. The van der Waals surface area contributed by atoms with Gasteiger partial charge in [-0.25, -0.2) is 0 Å². The average Bonchev–Trinajstić information content (AvgIpc) is 2.47. The Morgan fingerprint density at radius 2 is 1.36 bits per heavy atom. The van der Waals surface area contributed by atoms with Gasteiger partial charge < -0.3 is 13.6 Å². The fourth-order valence-corrected chi connectivity index (χ4v) is 5.80. The van der Waals surface area contributed by atoms with Crippen LogP contribution in [0.2, 0.25) is 0 Å². The van der Waals surface area contributed by atoms with Crippen molar-refractivity contribution in [3.8, 4) is 0 Å². The Morgan fingerprint density at radius 1 is 0.864 bits per heavy atom. The van der Waals surface area contributed by atoms with Crippen LogP contribution in [0.25, 0.3) is 0 Å². The zero-order valence-corrected chi connectivity index (χ0v) is 15.9. The molecule has 0 spiro atoms. The topological polar surface area (TPSA) is 52.6 Å². The molecular formula is C16H28O4P2. The molecule has 6 heteroatoms. The van der Waals surface area contributed by atoms with E-state index >= 15 is 0 Å². The summed E-state index contributed by atoms with van der Waals surface area (Å²) in [7, 11) is -5.23. The van der Waals surface area contributed by atoms with Gasteiger partial charge in [0.25, 0.3) is 0 Å². The third kappa shape index (κ3) is 6.01. The van der Waals surface area contributed by atoms with Crippen molar-refractivity contribution >= 4 is 14.7 Å². The van der Waals surface area contributed by atoms with E-state index in [1.54, 1.807) is 13.8 Å². The number of hydrogen-bond acceptors (Lipinski definition) is 4. The maximum absolute atomic E-state index is 12.6. The molecule has 0 radical (unpaired) electrons. The summed E-state index contributed by atoms with van der Waals surface area (Å²) in [5.41, 5.74) is 1.94. The van der Waals surface area contributed by atoms with Crippen molar-refractivity contribution in [3.63, 3.8) is 0 Å². The number of rotatable bonds is 10. The first-order valence-corrected chi connectivity index (χ1v) is 11.9. The first-order valence-electron chi connectivity index (χ1n) is 7.93. The maximum atomic E-state index is 12.6. The predicted octanol–water partition coefficient (Wildman–Crippen LogP) is 5.36. The molecule has 0 N–H and O–H groups in total. The van der Waals surface area contributed by atoms with Crippen molar-refractivity contribution < 1.29 is 18.2 Å². The molecule has 0 fully saturated rings. The van der Waals surface area contributed by atoms with Crippen LogP contribution in [-0.4, -0.2) is 25.5 Å². The van der Waals surface area contributed by atoms with E-state index in [0.29, 0.717) is 31.7 Å². The van der Waals surface area contributed by atoms with Gasteiger partial charge in [-0.1, -0.05) is 38.1 Å². The van der Waals surface area contributed by atoms with Gasteiger partial charge in [-0.05, 0) is 37.3 Å². The van der Waals surface area contributed by atoms with Gasteiger partial charge in [-0.15, -0.1) is 0 Å².